The van der Waals surface area contributed by atoms with Crippen LogP contribution in [-0.2, 0) is 17.8 Å². The van der Waals surface area contributed by atoms with Crippen molar-refractivity contribution in [3.05, 3.63) is 66.0 Å². The van der Waals surface area contributed by atoms with Gasteiger partial charge in [0.15, 0.2) is 0 Å². The van der Waals surface area contributed by atoms with Crippen molar-refractivity contribution in [2.45, 2.75) is 38.6 Å². The molecule has 1 amide bonds. The fraction of sp³-hybridized carbons (Fsp3) is 0.500. The summed E-state index contributed by atoms with van der Waals surface area (Å²) in [4.78, 5) is 21.2. The number of aromatic nitrogens is 1. The van der Waals surface area contributed by atoms with Gasteiger partial charge in [-0.15, -0.1) is 0 Å². The van der Waals surface area contributed by atoms with Crippen LogP contribution in [0.4, 0.5) is 0 Å². The zero-order valence-corrected chi connectivity index (χ0v) is 16.7. The molecule has 4 heteroatoms. The quantitative estimate of drug-likeness (QED) is 0.867. The summed E-state index contributed by atoms with van der Waals surface area (Å²) in [6.07, 6.45) is 7.47. The maximum atomic E-state index is 13.1. The van der Waals surface area contributed by atoms with Gasteiger partial charge in [0, 0.05) is 19.3 Å². The summed E-state index contributed by atoms with van der Waals surface area (Å²) in [7, 11) is 0. The summed E-state index contributed by atoms with van der Waals surface area (Å²) in [5, 5.41) is 0. The molecule has 3 heterocycles. The number of likely N-dealkylation sites (tertiary alicyclic amines) is 2. The summed E-state index contributed by atoms with van der Waals surface area (Å²) in [6, 6.07) is 16.9. The average Bonchev–Trinajstić information content (AvgIpc) is 2.75. The number of quaternary nitrogens is 1. The van der Waals surface area contributed by atoms with Crippen molar-refractivity contribution in [2.75, 3.05) is 26.2 Å². The van der Waals surface area contributed by atoms with E-state index in [0.29, 0.717) is 11.8 Å². The van der Waals surface area contributed by atoms with Gasteiger partial charge in [-0.3, -0.25) is 9.78 Å². The van der Waals surface area contributed by atoms with Crippen LogP contribution in [0, 0.1) is 11.8 Å². The predicted molar refractivity (Wildman–Crippen MR) is 111 cm³/mol. The van der Waals surface area contributed by atoms with Crippen LogP contribution < -0.4 is 4.90 Å². The molecule has 0 radical (unpaired) electrons. The highest BCUT2D eigenvalue weighted by Gasteiger charge is 2.33. The Bertz CT molecular complexity index is 741. The SMILES string of the molecule is O=C([C@H]1CCC[NH+](Cc2ccccn2)C1)N1CCC(Cc2ccccc2)CC1. The lowest BCUT2D eigenvalue weighted by molar-refractivity contribution is -0.921. The molecule has 2 fully saturated rings. The molecule has 2 aliphatic heterocycles. The van der Waals surface area contributed by atoms with Crippen molar-refractivity contribution in [3.8, 4) is 0 Å². The van der Waals surface area contributed by atoms with Gasteiger partial charge in [-0.25, -0.2) is 0 Å². The third-order valence-corrected chi connectivity index (χ3v) is 6.42. The van der Waals surface area contributed by atoms with E-state index in [2.05, 4.69) is 46.3 Å². The first-order valence-electron chi connectivity index (χ1n) is 10.8. The number of carbonyl (C=O) groups excluding carboxylic acids is 1. The topological polar surface area (TPSA) is 37.6 Å². The van der Waals surface area contributed by atoms with Gasteiger partial charge in [0.05, 0.1) is 24.7 Å². The molecule has 0 saturated carbocycles. The number of benzene rings is 1. The zero-order valence-electron chi connectivity index (χ0n) is 16.7. The standard InChI is InChI=1S/C24H31N3O/c28-24(22-9-6-14-26(18-22)19-23-10-4-5-13-25-23)27-15-11-21(12-16-27)17-20-7-2-1-3-8-20/h1-5,7-8,10,13,21-22H,6,9,11-12,14-19H2/p+1/t22-/m0/s1. The Morgan fingerprint density at radius 2 is 1.82 bits per heavy atom. The second-order valence-electron chi connectivity index (χ2n) is 8.50. The van der Waals surface area contributed by atoms with Crippen LogP contribution in [0.5, 0.6) is 0 Å². The Hall–Kier alpha value is -2.20. The zero-order chi connectivity index (χ0) is 19.2. The molecule has 2 atom stereocenters. The van der Waals surface area contributed by atoms with Crippen molar-refractivity contribution in [2.24, 2.45) is 11.8 Å². The second-order valence-corrected chi connectivity index (χ2v) is 8.50. The molecule has 4 rings (SSSR count). The molecule has 4 nitrogen and oxygen atoms in total. The Balaban J connectivity index is 1.26. The lowest BCUT2D eigenvalue weighted by atomic mass is 9.89. The van der Waals surface area contributed by atoms with Crippen molar-refractivity contribution in [1.29, 1.82) is 0 Å². The van der Waals surface area contributed by atoms with E-state index in [1.54, 1.807) is 0 Å². The number of nitrogens with one attached hydrogen (secondary N) is 1. The van der Waals surface area contributed by atoms with E-state index in [1.807, 2.05) is 18.3 Å². The number of hydrogen-bond donors (Lipinski definition) is 1. The first-order valence-corrected chi connectivity index (χ1v) is 10.8. The first-order chi connectivity index (χ1) is 13.8. The van der Waals surface area contributed by atoms with E-state index in [4.69, 9.17) is 0 Å². The van der Waals surface area contributed by atoms with Crippen LogP contribution >= 0.6 is 0 Å². The van der Waals surface area contributed by atoms with E-state index in [-0.39, 0.29) is 5.92 Å². The van der Waals surface area contributed by atoms with Crippen LogP contribution in [0.25, 0.3) is 0 Å². The average molecular weight is 379 g/mol. The number of piperidine rings is 2. The highest BCUT2D eigenvalue weighted by atomic mass is 16.2. The fourth-order valence-corrected chi connectivity index (χ4v) is 4.84. The maximum absolute atomic E-state index is 13.1. The van der Waals surface area contributed by atoms with E-state index >= 15 is 0 Å². The van der Waals surface area contributed by atoms with Crippen molar-refractivity contribution >= 4 is 5.91 Å². The third-order valence-electron chi connectivity index (χ3n) is 6.42. The van der Waals surface area contributed by atoms with Gasteiger partial charge < -0.3 is 9.80 Å². The molecule has 1 aromatic carbocycles. The summed E-state index contributed by atoms with van der Waals surface area (Å²) in [6.45, 7) is 4.91. The lowest BCUT2D eigenvalue weighted by Gasteiger charge is -2.36. The van der Waals surface area contributed by atoms with Gasteiger partial charge in [0.1, 0.15) is 6.54 Å². The van der Waals surface area contributed by atoms with E-state index in [1.165, 1.54) is 10.5 Å². The number of amides is 1. The van der Waals surface area contributed by atoms with Crippen molar-refractivity contribution in [1.82, 2.24) is 9.88 Å². The van der Waals surface area contributed by atoms with Crippen LogP contribution in [0.15, 0.2) is 54.7 Å². The minimum Gasteiger partial charge on any atom is -0.342 e. The van der Waals surface area contributed by atoms with E-state index in [9.17, 15) is 4.79 Å². The number of hydrogen-bond acceptors (Lipinski definition) is 2. The Morgan fingerprint density at radius 3 is 2.57 bits per heavy atom. The molecule has 0 spiro atoms. The Labute approximate surface area is 168 Å². The van der Waals surface area contributed by atoms with Crippen LogP contribution in [0.2, 0.25) is 0 Å². The lowest BCUT2D eigenvalue weighted by Crippen LogP contribution is -3.12. The molecule has 0 aliphatic carbocycles. The summed E-state index contributed by atoms with van der Waals surface area (Å²) >= 11 is 0. The largest absolute Gasteiger partial charge is 0.342 e. The van der Waals surface area contributed by atoms with E-state index < -0.39 is 0 Å². The summed E-state index contributed by atoms with van der Waals surface area (Å²) < 4.78 is 0. The fourth-order valence-electron chi connectivity index (χ4n) is 4.84. The second kappa shape index (κ2) is 9.33. The summed E-state index contributed by atoms with van der Waals surface area (Å²) in [5.74, 6) is 1.30. The van der Waals surface area contributed by atoms with Gasteiger partial charge >= 0.3 is 0 Å². The van der Waals surface area contributed by atoms with Gasteiger partial charge in [-0.2, -0.15) is 0 Å². The molecule has 0 bridgehead atoms. The molecule has 1 aromatic heterocycles. The number of carbonyl (C=O) groups is 1. The van der Waals surface area contributed by atoms with Gasteiger partial charge in [0.2, 0.25) is 5.91 Å². The number of pyridine rings is 1. The maximum Gasteiger partial charge on any atom is 0.231 e. The predicted octanol–water partition coefficient (Wildman–Crippen LogP) is 2.36. The molecule has 1 N–H and O–H groups in total. The molecule has 2 aliphatic rings. The Kier molecular flexibility index (Phi) is 6.38. The minimum absolute atomic E-state index is 0.193. The third kappa shape index (κ3) is 4.99. The summed E-state index contributed by atoms with van der Waals surface area (Å²) in [5.41, 5.74) is 2.56. The van der Waals surface area contributed by atoms with Crippen molar-refractivity contribution < 1.29 is 9.69 Å². The van der Waals surface area contributed by atoms with Crippen LogP contribution in [0.3, 0.4) is 0 Å². The molecule has 2 saturated heterocycles. The van der Waals surface area contributed by atoms with E-state index in [0.717, 1.165) is 70.5 Å². The highest BCUT2D eigenvalue weighted by Crippen LogP contribution is 2.23. The normalized spacial score (nSPS) is 23.5. The van der Waals surface area contributed by atoms with Crippen molar-refractivity contribution in [3.63, 3.8) is 0 Å². The monoisotopic (exact) mass is 378 g/mol. The van der Waals surface area contributed by atoms with Crippen LogP contribution in [-0.4, -0.2) is 42.0 Å². The molecule has 1 unspecified atom stereocenters. The van der Waals surface area contributed by atoms with Gasteiger partial charge in [-0.05, 0) is 55.7 Å². The minimum atomic E-state index is 0.193. The first kappa shape index (κ1) is 19.1. The van der Waals surface area contributed by atoms with Gasteiger partial charge in [-0.1, -0.05) is 36.4 Å². The number of rotatable bonds is 5. The van der Waals surface area contributed by atoms with Gasteiger partial charge in [0.25, 0.3) is 0 Å². The number of nitrogens with zero attached hydrogens (tertiary/aromatic N) is 2. The molecular weight excluding hydrogens is 346 g/mol. The molecule has 148 valence electrons. The molecule has 28 heavy (non-hydrogen) atoms. The Morgan fingerprint density at radius 1 is 1.04 bits per heavy atom. The van der Waals surface area contributed by atoms with Crippen LogP contribution in [0.1, 0.15) is 36.9 Å². The smallest absolute Gasteiger partial charge is 0.231 e. The highest BCUT2D eigenvalue weighted by molar-refractivity contribution is 5.79. The molecule has 2 aromatic rings. The molecular formula is C24H32N3O+.